The minimum Gasteiger partial charge on any atom is -0.463 e. The summed E-state index contributed by atoms with van der Waals surface area (Å²) in [4.78, 5) is 58.6. The third-order valence-corrected chi connectivity index (χ3v) is 18.5. The first-order valence-electron chi connectivity index (χ1n) is 39.8. The van der Waals surface area contributed by atoms with E-state index in [1.54, 1.807) is 0 Å². The van der Waals surface area contributed by atoms with Crippen LogP contribution in [-0.4, -0.2) is 95.9 Å². The van der Waals surface area contributed by atoms with Gasteiger partial charge in [0.25, 0.3) is 0 Å². The van der Waals surface area contributed by atoms with Crippen LogP contribution in [0, 0.1) is 0 Å². The normalized spacial score (nSPS) is 14.6. The van der Waals surface area contributed by atoms with Crippen molar-refractivity contribution in [2.45, 2.75) is 347 Å². The molecule has 18 heteroatoms. The molecule has 582 valence electrons. The second kappa shape index (κ2) is 75.6. The number of aliphatic hydroxyl groups is 2. The first kappa shape index (κ1) is 97.0. The Morgan fingerprint density at radius 2 is 0.525 bits per heavy atom. The Morgan fingerprint density at radius 1 is 0.287 bits per heavy atom. The van der Waals surface area contributed by atoms with E-state index in [9.17, 15) is 43.5 Å². The predicted molar refractivity (Wildman–Crippen MR) is 417 cm³/mol. The maximum Gasteiger partial charge on any atom is 0.472 e. The minimum absolute atomic E-state index is 0.0846. The van der Waals surface area contributed by atoms with Crippen LogP contribution < -0.4 is 0 Å². The zero-order valence-electron chi connectivity index (χ0n) is 63.5. The molecule has 0 radical (unpaired) electrons. The molecule has 0 aliphatic carbocycles. The van der Waals surface area contributed by atoms with Crippen LogP contribution in [0.3, 0.4) is 0 Å². The van der Waals surface area contributed by atoms with Crippen LogP contribution in [0.15, 0.2) is 122 Å². The summed E-state index contributed by atoms with van der Waals surface area (Å²) in [7, 11) is -9.79. The van der Waals surface area contributed by atoms with E-state index in [4.69, 9.17) is 32.3 Å². The average molecular weight is 1460 g/mol. The molecule has 4 N–H and O–H groups in total. The van der Waals surface area contributed by atoms with Crippen molar-refractivity contribution in [3.05, 3.63) is 122 Å². The maximum atomic E-state index is 13.0. The fourth-order valence-electron chi connectivity index (χ4n) is 10.6. The minimum atomic E-state index is -4.94. The topological polar surface area (TPSA) is 231 Å². The molecule has 101 heavy (non-hydrogen) atoms. The lowest BCUT2D eigenvalue weighted by Crippen LogP contribution is -2.30. The van der Waals surface area contributed by atoms with Gasteiger partial charge in [-0.15, -0.1) is 0 Å². The van der Waals surface area contributed by atoms with Gasteiger partial charge in [-0.1, -0.05) is 296 Å². The summed E-state index contributed by atoms with van der Waals surface area (Å²) in [5.41, 5.74) is 0. The van der Waals surface area contributed by atoms with Crippen LogP contribution >= 0.6 is 15.6 Å². The first-order valence-corrected chi connectivity index (χ1v) is 42.8. The van der Waals surface area contributed by atoms with Gasteiger partial charge in [0.2, 0.25) is 0 Å². The van der Waals surface area contributed by atoms with E-state index < -0.39 is 91.5 Å². The van der Waals surface area contributed by atoms with Gasteiger partial charge in [-0.05, 0) is 135 Å². The van der Waals surface area contributed by atoms with Gasteiger partial charge in [-0.3, -0.25) is 32.5 Å². The standard InChI is InChI=1S/C83H144O16P2/c1-4-7-10-13-16-19-22-25-28-30-32-33-34-35-36-37-38-39-40-41-42-43-45-47-49-51-54-57-60-63-66-69-81(86)93-72-78(84)73-95-100(89,90)96-74-79(85)75-97-101(91,92)98-77-80(99-83(88)71-68-65-62-59-56-53-48-27-24-21-18-15-12-9-6-3)76-94-82(87)70-67-64-61-58-55-52-50-46-44-31-29-26-23-20-17-14-11-8-5-2/h7,10,16-21,25-29,32-33,35-36,44,46,48,78-80,84-85H,4-6,8-9,11-15,22-24,30-31,34,37-43,45,47,49-77H2,1-3H3,(H,89,90)(H,91,92)/b10-7-,19-16-,20-17-,21-18-,28-25-,29-26-,33-32-,36-35-,46-44-,48-27-. The van der Waals surface area contributed by atoms with Gasteiger partial charge < -0.3 is 34.2 Å². The smallest absolute Gasteiger partial charge is 0.463 e. The quantitative estimate of drug-likeness (QED) is 0.0146. The molecule has 0 bridgehead atoms. The van der Waals surface area contributed by atoms with E-state index in [1.807, 2.05) is 0 Å². The molecule has 0 heterocycles. The lowest BCUT2D eigenvalue weighted by atomic mass is 10.0. The molecule has 5 atom stereocenters. The zero-order chi connectivity index (χ0) is 73.7. The van der Waals surface area contributed by atoms with Gasteiger partial charge in [-0.2, -0.15) is 0 Å². The van der Waals surface area contributed by atoms with Crippen molar-refractivity contribution >= 4 is 33.6 Å². The molecule has 5 unspecified atom stereocenters. The largest absolute Gasteiger partial charge is 0.472 e. The summed E-state index contributed by atoms with van der Waals surface area (Å²) < 4.78 is 61.1. The zero-order valence-corrected chi connectivity index (χ0v) is 65.3. The SMILES string of the molecule is CC/C=C\C/C=C\C/C=C\C/C=C\C/C=C\CCCCCCCCCCCCCCCCCC(=O)OCC(O)COP(=O)(O)OCC(O)COP(=O)(O)OCC(COC(=O)CCCCCCCC/C=C\C/C=C\C/C=C\CCCCC)OC(=O)CCCCCCC/C=C\C/C=C\CCCCC. The molecule has 0 aromatic carbocycles. The second-order valence-corrected chi connectivity index (χ2v) is 29.4. The number of ether oxygens (including phenoxy) is 3. The fraction of sp³-hybridized carbons (Fsp3) is 0.723. The molecule has 0 amide bonds. The Kier molecular flexibility index (Phi) is 72.6. The van der Waals surface area contributed by atoms with E-state index in [-0.39, 0.29) is 19.3 Å². The van der Waals surface area contributed by atoms with Crippen molar-refractivity contribution in [1.82, 2.24) is 0 Å². The van der Waals surface area contributed by atoms with Crippen LogP contribution in [0.1, 0.15) is 329 Å². The van der Waals surface area contributed by atoms with Gasteiger partial charge in [0.15, 0.2) is 6.10 Å². The number of hydrogen-bond donors (Lipinski definition) is 4. The van der Waals surface area contributed by atoms with Crippen LogP contribution in [0.2, 0.25) is 0 Å². The monoisotopic (exact) mass is 1460 g/mol. The highest BCUT2D eigenvalue weighted by Gasteiger charge is 2.29. The highest BCUT2D eigenvalue weighted by molar-refractivity contribution is 7.47. The number of carbonyl (C=O) groups is 3. The van der Waals surface area contributed by atoms with Crippen molar-refractivity contribution in [2.75, 3.05) is 39.6 Å². The summed E-state index contributed by atoms with van der Waals surface area (Å²) in [6, 6.07) is 0. The molecule has 0 fully saturated rings. The number of phosphoric acid groups is 2. The molecule has 0 aromatic heterocycles. The maximum absolute atomic E-state index is 13.0. The number of rotatable bonds is 75. The number of phosphoric ester groups is 2. The molecule has 0 aliphatic heterocycles. The molecule has 0 saturated carbocycles. The van der Waals surface area contributed by atoms with Crippen molar-refractivity contribution in [3.8, 4) is 0 Å². The van der Waals surface area contributed by atoms with Gasteiger partial charge in [0.1, 0.15) is 25.4 Å². The summed E-state index contributed by atoms with van der Waals surface area (Å²) >= 11 is 0. The van der Waals surface area contributed by atoms with Crippen LogP contribution in [0.4, 0.5) is 0 Å². The van der Waals surface area contributed by atoms with Gasteiger partial charge >= 0.3 is 33.6 Å². The molecule has 0 aromatic rings. The fourth-order valence-corrected chi connectivity index (χ4v) is 12.2. The summed E-state index contributed by atoms with van der Waals surface area (Å²) in [6.45, 7) is 2.50. The highest BCUT2D eigenvalue weighted by atomic mass is 31.2. The van der Waals surface area contributed by atoms with Crippen molar-refractivity contribution in [2.24, 2.45) is 0 Å². The number of carbonyl (C=O) groups excluding carboxylic acids is 3. The van der Waals surface area contributed by atoms with E-state index >= 15 is 0 Å². The molecular formula is C83H144O16P2. The Hall–Kier alpha value is -4.05. The van der Waals surface area contributed by atoms with E-state index in [0.717, 1.165) is 154 Å². The third kappa shape index (κ3) is 76.9. The molecule has 0 rings (SSSR count). The Labute approximate surface area is 614 Å². The van der Waals surface area contributed by atoms with Crippen LogP contribution in [0.25, 0.3) is 0 Å². The van der Waals surface area contributed by atoms with Crippen molar-refractivity contribution in [1.29, 1.82) is 0 Å². The van der Waals surface area contributed by atoms with Crippen LogP contribution in [-0.2, 0) is 55.8 Å². The summed E-state index contributed by atoms with van der Waals surface area (Å²) in [5.74, 6) is -1.60. The van der Waals surface area contributed by atoms with Crippen molar-refractivity contribution < 1.29 is 75.8 Å². The number of esters is 3. The number of aliphatic hydroxyl groups excluding tert-OH is 2. The number of unbranched alkanes of at least 4 members (excludes halogenated alkanes) is 32. The predicted octanol–water partition coefficient (Wildman–Crippen LogP) is 23.3. The molecule has 16 nitrogen and oxygen atoms in total. The highest BCUT2D eigenvalue weighted by Crippen LogP contribution is 2.45. The van der Waals surface area contributed by atoms with Gasteiger partial charge in [0.05, 0.1) is 26.4 Å². The van der Waals surface area contributed by atoms with Crippen molar-refractivity contribution in [3.63, 3.8) is 0 Å². The van der Waals surface area contributed by atoms with Crippen LogP contribution in [0.5, 0.6) is 0 Å². The molecule has 0 saturated heterocycles. The second-order valence-electron chi connectivity index (χ2n) is 26.5. The van der Waals surface area contributed by atoms with Gasteiger partial charge in [-0.25, -0.2) is 9.13 Å². The Morgan fingerprint density at radius 3 is 0.832 bits per heavy atom. The molecule has 0 aliphatic rings. The average Bonchev–Trinajstić information content (AvgIpc) is 0.980. The summed E-state index contributed by atoms with van der Waals surface area (Å²) in [6.07, 6.45) is 89.6. The number of hydrogen-bond acceptors (Lipinski definition) is 14. The third-order valence-electron chi connectivity index (χ3n) is 16.6. The Balaban J connectivity index is 4.48. The summed E-state index contributed by atoms with van der Waals surface area (Å²) in [5, 5.41) is 20.6. The first-order chi connectivity index (χ1) is 49.2. The lowest BCUT2D eigenvalue weighted by molar-refractivity contribution is -0.161. The van der Waals surface area contributed by atoms with Gasteiger partial charge in [0, 0.05) is 19.3 Å². The molecular weight excluding hydrogens is 1310 g/mol. The molecule has 0 spiro atoms. The number of allylic oxidation sites excluding steroid dienone is 20. The van der Waals surface area contributed by atoms with E-state index in [0.29, 0.717) is 19.3 Å². The lowest BCUT2D eigenvalue weighted by Gasteiger charge is -2.21. The van der Waals surface area contributed by atoms with E-state index in [2.05, 4.69) is 142 Å². The van der Waals surface area contributed by atoms with E-state index in [1.165, 1.54) is 116 Å². The Bertz CT molecular complexity index is 2320.